The molecule has 226 valence electrons. The van der Waals surface area contributed by atoms with Crippen LogP contribution in [0.4, 0.5) is 0 Å². The first kappa shape index (κ1) is 31.7. The standard InChI is InChI=1S/C35H32Cl2N2O4S/c1-23-9-6-7-14-33(23)44(42,43)39-32(26-15-17-28(36)18-16-26)20-19-30(34(39)27-12-8-13-29(37)22-27)35(41)38-31(24(2)40)21-25-10-4-3-5-11-25/h3-19,22,31-32,34H,20-21H2,1-2H3,(H,38,41)/t31-,32-,34-/m0/s1. The number of amides is 1. The summed E-state index contributed by atoms with van der Waals surface area (Å²) < 4.78 is 30.8. The number of sulfonamides is 1. The lowest BCUT2D eigenvalue weighted by atomic mass is 9.88. The molecule has 9 heteroatoms. The normalized spacial score (nSPS) is 17.9. The summed E-state index contributed by atoms with van der Waals surface area (Å²) in [6, 6.07) is 27.6. The maximum Gasteiger partial charge on any atom is 0.249 e. The highest BCUT2D eigenvalue weighted by Crippen LogP contribution is 2.46. The topological polar surface area (TPSA) is 83.6 Å². The zero-order valence-corrected chi connectivity index (χ0v) is 26.6. The van der Waals surface area contributed by atoms with E-state index in [1.54, 1.807) is 85.8 Å². The number of Topliss-reactive ketones (excluding diaryl/α,β-unsaturated/α-hetero) is 1. The Labute approximate surface area is 268 Å². The first-order valence-corrected chi connectivity index (χ1v) is 16.4. The highest BCUT2D eigenvalue weighted by atomic mass is 35.5. The van der Waals surface area contributed by atoms with E-state index in [1.165, 1.54) is 11.2 Å². The molecule has 5 rings (SSSR count). The largest absolute Gasteiger partial charge is 0.342 e. The number of hydrogen-bond donors (Lipinski definition) is 1. The van der Waals surface area contributed by atoms with Gasteiger partial charge >= 0.3 is 0 Å². The van der Waals surface area contributed by atoms with E-state index in [0.717, 1.165) is 11.1 Å². The fourth-order valence-corrected chi connectivity index (χ4v) is 7.95. The Hall–Kier alpha value is -3.75. The van der Waals surface area contributed by atoms with Crippen LogP contribution in [0, 0.1) is 6.92 Å². The number of benzene rings is 4. The summed E-state index contributed by atoms with van der Waals surface area (Å²) in [6.07, 6.45) is 2.29. The fraction of sp³-hybridized carbons (Fsp3) is 0.200. The molecule has 1 aliphatic heterocycles. The minimum absolute atomic E-state index is 0.137. The van der Waals surface area contributed by atoms with Crippen molar-refractivity contribution in [3.05, 3.63) is 147 Å². The number of ketones is 1. The van der Waals surface area contributed by atoms with Crippen molar-refractivity contribution in [1.82, 2.24) is 9.62 Å². The fourth-order valence-electron chi connectivity index (χ4n) is 5.61. The number of hydrogen-bond acceptors (Lipinski definition) is 4. The van der Waals surface area contributed by atoms with Gasteiger partial charge in [0.2, 0.25) is 15.9 Å². The van der Waals surface area contributed by atoms with Gasteiger partial charge in [-0.3, -0.25) is 9.59 Å². The summed E-state index contributed by atoms with van der Waals surface area (Å²) in [4.78, 5) is 27.0. The molecule has 4 aromatic carbocycles. The molecule has 6 nitrogen and oxygen atoms in total. The van der Waals surface area contributed by atoms with Crippen molar-refractivity contribution in [2.24, 2.45) is 0 Å². The summed E-state index contributed by atoms with van der Waals surface area (Å²) in [6.45, 7) is 3.18. The van der Waals surface area contributed by atoms with E-state index in [-0.39, 0.29) is 22.7 Å². The van der Waals surface area contributed by atoms with Crippen LogP contribution in [-0.4, -0.2) is 30.5 Å². The monoisotopic (exact) mass is 646 g/mol. The first-order chi connectivity index (χ1) is 21.1. The molecule has 1 aliphatic rings. The lowest BCUT2D eigenvalue weighted by molar-refractivity contribution is -0.125. The third-order valence-corrected chi connectivity index (χ3v) is 10.3. The van der Waals surface area contributed by atoms with Gasteiger partial charge in [-0.25, -0.2) is 8.42 Å². The third kappa shape index (κ3) is 6.81. The van der Waals surface area contributed by atoms with Crippen LogP contribution in [0.3, 0.4) is 0 Å². The van der Waals surface area contributed by atoms with Crippen molar-refractivity contribution in [3.63, 3.8) is 0 Å². The van der Waals surface area contributed by atoms with E-state index < -0.39 is 34.1 Å². The Morgan fingerprint density at radius 1 is 0.864 bits per heavy atom. The highest BCUT2D eigenvalue weighted by Gasteiger charge is 2.45. The van der Waals surface area contributed by atoms with Crippen LogP contribution in [0.5, 0.6) is 0 Å². The second-order valence-corrected chi connectivity index (χ2v) is 13.5. The molecule has 0 saturated carbocycles. The van der Waals surface area contributed by atoms with Crippen LogP contribution in [-0.2, 0) is 26.0 Å². The molecule has 1 heterocycles. The summed E-state index contributed by atoms with van der Waals surface area (Å²) >= 11 is 12.6. The van der Waals surface area contributed by atoms with Crippen molar-refractivity contribution >= 4 is 44.9 Å². The average molecular weight is 648 g/mol. The lowest BCUT2D eigenvalue weighted by Gasteiger charge is -2.41. The van der Waals surface area contributed by atoms with E-state index in [9.17, 15) is 18.0 Å². The number of aryl methyl sites for hydroxylation is 1. The number of carbonyl (C=O) groups is 2. The summed E-state index contributed by atoms with van der Waals surface area (Å²) in [5, 5.41) is 3.83. The zero-order valence-electron chi connectivity index (χ0n) is 24.3. The first-order valence-electron chi connectivity index (χ1n) is 14.2. The van der Waals surface area contributed by atoms with Gasteiger partial charge in [-0.2, -0.15) is 4.31 Å². The molecule has 1 N–H and O–H groups in total. The van der Waals surface area contributed by atoms with E-state index in [4.69, 9.17) is 23.2 Å². The maximum absolute atomic E-state index is 14.7. The van der Waals surface area contributed by atoms with Gasteiger partial charge in [0.15, 0.2) is 5.78 Å². The number of carbonyl (C=O) groups excluding carboxylic acids is 2. The van der Waals surface area contributed by atoms with Gasteiger partial charge in [-0.1, -0.05) is 102 Å². The summed E-state index contributed by atoms with van der Waals surface area (Å²) in [7, 11) is -4.20. The van der Waals surface area contributed by atoms with E-state index in [1.807, 2.05) is 30.3 Å². The van der Waals surface area contributed by atoms with Crippen molar-refractivity contribution in [1.29, 1.82) is 0 Å². The Bertz CT molecular complexity index is 1810. The van der Waals surface area contributed by atoms with Gasteiger partial charge in [0.25, 0.3) is 0 Å². The highest BCUT2D eigenvalue weighted by molar-refractivity contribution is 7.89. The second-order valence-electron chi connectivity index (χ2n) is 10.8. The van der Waals surface area contributed by atoms with Gasteiger partial charge in [0.1, 0.15) is 0 Å². The van der Waals surface area contributed by atoms with Crippen LogP contribution < -0.4 is 5.32 Å². The number of nitrogens with one attached hydrogen (secondary N) is 1. The Kier molecular flexibility index (Phi) is 9.71. The Balaban J connectivity index is 1.66. The van der Waals surface area contributed by atoms with Crippen molar-refractivity contribution in [2.75, 3.05) is 0 Å². The molecule has 0 aliphatic carbocycles. The molecule has 1 amide bonds. The molecule has 0 bridgehead atoms. The van der Waals surface area contributed by atoms with Gasteiger partial charge in [-0.15, -0.1) is 0 Å². The van der Waals surface area contributed by atoms with Crippen LogP contribution in [0.2, 0.25) is 10.0 Å². The molecule has 44 heavy (non-hydrogen) atoms. The molecule has 0 spiro atoms. The molecule has 0 fully saturated rings. The molecule has 0 unspecified atom stereocenters. The molecular weight excluding hydrogens is 615 g/mol. The Morgan fingerprint density at radius 3 is 2.20 bits per heavy atom. The molecule has 3 atom stereocenters. The molecule has 0 radical (unpaired) electrons. The number of rotatable bonds is 9. The minimum Gasteiger partial charge on any atom is -0.342 e. The van der Waals surface area contributed by atoms with Crippen molar-refractivity contribution < 1.29 is 18.0 Å². The predicted molar refractivity (Wildman–Crippen MR) is 174 cm³/mol. The molecule has 4 aromatic rings. The van der Waals surface area contributed by atoms with Gasteiger partial charge < -0.3 is 5.32 Å². The predicted octanol–water partition coefficient (Wildman–Crippen LogP) is 7.42. The molecule has 0 aromatic heterocycles. The van der Waals surface area contributed by atoms with Crippen LogP contribution in [0.25, 0.3) is 0 Å². The summed E-state index contributed by atoms with van der Waals surface area (Å²) in [5.74, 6) is -0.730. The van der Waals surface area contributed by atoms with Crippen LogP contribution in [0.1, 0.15) is 47.7 Å². The Morgan fingerprint density at radius 2 is 1.55 bits per heavy atom. The van der Waals surface area contributed by atoms with Gasteiger partial charge in [-0.05, 0) is 79.3 Å². The zero-order chi connectivity index (χ0) is 31.4. The van der Waals surface area contributed by atoms with E-state index in [2.05, 4.69) is 5.32 Å². The third-order valence-electron chi connectivity index (χ3n) is 7.83. The van der Waals surface area contributed by atoms with Crippen molar-refractivity contribution in [3.8, 4) is 0 Å². The minimum atomic E-state index is -4.20. The number of halogens is 2. The molecule has 0 saturated heterocycles. The SMILES string of the molecule is CC(=O)[C@H](Cc1ccccc1)NC(=O)C1=CC[C@@H](c2ccc(Cl)cc2)N(S(=O)(=O)c2ccccc2C)[C@H]1c1cccc(Cl)c1. The van der Waals surface area contributed by atoms with Crippen LogP contribution in [0.15, 0.2) is 120 Å². The van der Waals surface area contributed by atoms with Gasteiger partial charge in [0.05, 0.1) is 23.0 Å². The molecular formula is C35H32Cl2N2O4S. The van der Waals surface area contributed by atoms with E-state index in [0.29, 0.717) is 27.6 Å². The lowest BCUT2D eigenvalue weighted by Crippen LogP contribution is -2.47. The second kappa shape index (κ2) is 13.5. The quantitative estimate of drug-likeness (QED) is 0.205. The van der Waals surface area contributed by atoms with Gasteiger partial charge in [0, 0.05) is 15.6 Å². The smallest absolute Gasteiger partial charge is 0.249 e. The number of nitrogens with zero attached hydrogens (tertiary/aromatic N) is 1. The van der Waals surface area contributed by atoms with Crippen molar-refractivity contribution in [2.45, 2.75) is 49.7 Å². The summed E-state index contributed by atoms with van der Waals surface area (Å²) in [5.41, 5.74) is 2.93. The van der Waals surface area contributed by atoms with Crippen LogP contribution >= 0.6 is 23.2 Å². The average Bonchev–Trinajstić information content (AvgIpc) is 3.01. The van der Waals surface area contributed by atoms with E-state index >= 15 is 0 Å². The maximum atomic E-state index is 14.7.